The Labute approximate surface area is 231 Å². The zero-order valence-corrected chi connectivity index (χ0v) is 21.9. The monoisotopic (exact) mass is 536 g/mol. The molecule has 2 aliphatic carbocycles. The second-order valence-electron chi connectivity index (χ2n) is 10.8. The molecule has 3 aromatic carbocycles. The Morgan fingerprint density at radius 1 is 0.825 bits per heavy atom. The molecule has 1 saturated heterocycles. The third kappa shape index (κ3) is 4.49. The van der Waals surface area contributed by atoms with Crippen LogP contribution in [0.4, 0.5) is 11.4 Å². The minimum Gasteiger partial charge on any atom is -0.452 e. The first-order valence-electron chi connectivity index (χ1n) is 13.4. The van der Waals surface area contributed by atoms with Gasteiger partial charge in [-0.15, -0.1) is 0 Å². The predicted octanol–water partition coefficient (Wildman–Crippen LogP) is 4.61. The molecule has 3 fully saturated rings. The van der Waals surface area contributed by atoms with Gasteiger partial charge >= 0.3 is 5.97 Å². The van der Waals surface area contributed by atoms with Crippen molar-refractivity contribution >= 4 is 40.8 Å². The molecule has 3 amide bonds. The summed E-state index contributed by atoms with van der Waals surface area (Å²) in [5, 5.41) is 2.61. The van der Waals surface area contributed by atoms with Crippen LogP contribution in [-0.4, -0.2) is 36.1 Å². The molecule has 202 valence electrons. The van der Waals surface area contributed by atoms with Crippen LogP contribution in [0.3, 0.4) is 0 Å². The number of benzene rings is 3. The van der Waals surface area contributed by atoms with Crippen LogP contribution in [0.5, 0.6) is 0 Å². The van der Waals surface area contributed by atoms with E-state index in [-0.39, 0.29) is 46.8 Å². The quantitative estimate of drug-likeness (QED) is 0.268. The van der Waals surface area contributed by atoms with Crippen molar-refractivity contribution in [3.05, 3.63) is 95.6 Å². The van der Waals surface area contributed by atoms with Crippen molar-refractivity contribution in [1.82, 2.24) is 0 Å². The highest BCUT2D eigenvalue weighted by Gasteiger charge is 2.64. The number of carbonyl (C=O) groups excluding carboxylic acids is 5. The van der Waals surface area contributed by atoms with Crippen LogP contribution in [0.2, 0.25) is 0 Å². The molecule has 0 aromatic heterocycles. The molecule has 1 aliphatic heterocycles. The molecule has 5 atom stereocenters. The fraction of sp³-hybridized carbons (Fsp3) is 0.281. The minimum absolute atomic E-state index is 0.0806. The lowest BCUT2D eigenvalue weighted by Gasteiger charge is -2.28. The lowest BCUT2D eigenvalue weighted by Crippen LogP contribution is -2.33. The van der Waals surface area contributed by atoms with Gasteiger partial charge in [0.2, 0.25) is 11.8 Å². The van der Waals surface area contributed by atoms with Crippen molar-refractivity contribution in [2.24, 2.45) is 23.7 Å². The van der Waals surface area contributed by atoms with Crippen molar-refractivity contribution in [2.45, 2.75) is 25.7 Å². The zero-order valence-electron chi connectivity index (χ0n) is 21.9. The van der Waals surface area contributed by atoms with Crippen LogP contribution in [-0.2, 0) is 19.1 Å². The van der Waals surface area contributed by atoms with Crippen LogP contribution < -0.4 is 10.2 Å². The number of hydrogen-bond acceptors (Lipinski definition) is 6. The van der Waals surface area contributed by atoms with E-state index in [1.54, 1.807) is 36.4 Å². The normalized spacial score (nSPS) is 24.6. The standard InChI is InChI=1S/C32H28N2O6/c1-18(35)19-7-11-23(12-8-19)33-27(36)17-40-32(39)21-9-13-24(14-10-21)34-30(37)28-22-15-25(20-5-3-2-4-6-20)26(16-22)29(28)31(34)38/h2-14,22,25-26,28-29H,15-17H2,1H3,(H,33,36). The Morgan fingerprint density at radius 3 is 2.15 bits per heavy atom. The Morgan fingerprint density at radius 2 is 1.48 bits per heavy atom. The van der Waals surface area contributed by atoms with Gasteiger partial charge in [-0.1, -0.05) is 30.3 Å². The SMILES string of the molecule is CC(=O)c1ccc(NC(=O)COC(=O)c2ccc(N3C(=O)C4C5CC(c6ccccc6)C(C5)C4C3=O)cc2)cc1. The van der Waals surface area contributed by atoms with Crippen molar-refractivity contribution in [3.8, 4) is 0 Å². The number of nitrogens with one attached hydrogen (secondary N) is 1. The summed E-state index contributed by atoms with van der Waals surface area (Å²) in [4.78, 5) is 64.3. The first-order chi connectivity index (χ1) is 19.3. The van der Waals surface area contributed by atoms with Gasteiger partial charge < -0.3 is 10.1 Å². The zero-order chi connectivity index (χ0) is 28.0. The predicted molar refractivity (Wildman–Crippen MR) is 147 cm³/mol. The second-order valence-corrected chi connectivity index (χ2v) is 10.8. The topological polar surface area (TPSA) is 110 Å². The smallest absolute Gasteiger partial charge is 0.338 e. The summed E-state index contributed by atoms with van der Waals surface area (Å²) in [6.07, 6.45) is 1.83. The number of hydrogen-bond donors (Lipinski definition) is 1. The fourth-order valence-electron chi connectivity index (χ4n) is 6.74. The fourth-order valence-corrected chi connectivity index (χ4v) is 6.74. The number of ether oxygens (including phenoxy) is 1. The Kier molecular flexibility index (Phi) is 6.54. The van der Waals surface area contributed by atoms with Crippen molar-refractivity contribution in [1.29, 1.82) is 0 Å². The summed E-state index contributed by atoms with van der Waals surface area (Å²) in [5.41, 5.74) is 2.87. The molecule has 6 rings (SSSR count). The van der Waals surface area contributed by atoms with Crippen molar-refractivity contribution in [2.75, 3.05) is 16.8 Å². The number of nitrogens with zero attached hydrogens (tertiary/aromatic N) is 1. The number of amides is 3. The number of rotatable bonds is 7. The Hall–Kier alpha value is -4.59. The number of imide groups is 1. The highest BCUT2D eigenvalue weighted by atomic mass is 16.5. The van der Waals surface area contributed by atoms with Gasteiger partial charge in [0, 0.05) is 11.3 Å². The van der Waals surface area contributed by atoms with Gasteiger partial charge in [-0.2, -0.15) is 0 Å². The molecule has 1 heterocycles. The molecular formula is C32H28N2O6. The number of anilines is 2. The molecule has 0 radical (unpaired) electrons. The lowest BCUT2D eigenvalue weighted by molar-refractivity contribution is -0.123. The average molecular weight is 537 g/mol. The number of fused-ring (bicyclic) bond motifs is 5. The van der Waals surface area contributed by atoms with Crippen molar-refractivity contribution < 1.29 is 28.7 Å². The van der Waals surface area contributed by atoms with E-state index in [4.69, 9.17) is 4.74 Å². The van der Waals surface area contributed by atoms with Gasteiger partial charge in [0.05, 0.1) is 23.1 Å². The maximum Gasteiger partial charge on any atom is 0.338 e. The van der Waals surface area contributed by atoms with E-state index in [2.05, 4.69) is 17.4 Å². The first kappa shape index (κ1) is 25.7. The van der Waals surface area contributed by atoms with Crippen LogP contribution in [0.25, 0.3) is 0 Å². The van der Waals surface area contributed by atoms with E-state index in [1.165, 1.54) is 29.5 Å². The minimum atomic E-state index is -0.701. The molecule has 8 heteroatoms. The number of carbonyl (C=O) groups is 5. The van der Waals surface area contributed by atoms with Gasteiger partial charge in [0.1, 0.15) is 0 Å². The molecule has 0 spiro atoms. The molecule has 1 N–H and O–H groups in total. The van der Waals surface area contributed by atoms with Crippen LogP contribution >= 0.6 is 0 Å². The number of esters is 1. The highest BCUT2D eigenvalue weighted by molar-refractivity contribution is 6.22. The average Bonchev–Trinajstić information content (AvgIpc) is 3.64. The molecular weight excluding hydrogens is 508 g/mol. The van der Waals surface area contributed by atoms with Gasteiger partial charge in [-0.25, -0.2) is 4.79 Å². The first-order valence-corrected chi connectivity index (χ1v) is 13.4. The van der Waals surface area contributed by atoms with Gasteiger partial charge in [0.25, 0.3) is 5.91 Å². The summed E-state index contributed by atoms with van der Waals surface area (Å²) in [7, 11) is 0. The maximum atomic E-state index is 13.5. The summed E-state index contributed by atoms with van der Waals surface area (Å²) in [5.74, 6) is -1.56. The third-order valence-electron chi connectivity index (χ3n) is 8.51. The Balaban J connectivity index is 1.08. The number of Topliss-reactive ketones (excluding diaryl/α,β-unsaturated/α-hetero) is 1. The maximum absolute atomic E-state index is 13.5. The molecule has 2 bridgehead atoms. The summed E-state index contributed by atoms with van der Waals surface area (Å²) >= 11 is 0. The van der Waals surface area contributed by atoms with Gasteiger partial charge in [0.15, 0.2) is 12.4 Å². The lowest BCUT2D eigenvalue weighted by atomic mass is 9.73. The number of ketones is 1. The highest BCUT2D eigenvalue weighted by Crippen LogP contribution is 2.61. The largest absolute Gasteiger partial charge is 0.452 e. The third-order valence-corrected chi connectivity index (χ3v) is 8.51. The van der Waals surface area contributed by atoms with E-state index in [0.717, 1.165) is 12.8 Å². The van der Waals surface area contributed by atoms with Gasteiger partial charge in [-0.05, 0) is 91.6 Å². The molecule has 8 nitrogen and oxygen atoms in total. The van der Waals surface area contributed by atoms with Crippen LogP contribution in [0, 0.1) is 23.7 Å². The van der Waals surface area contributed by atoms with Gasteiger partial charge in [-0.3, -0.25) is 24.1 Å². The summed E-state index contributed by atoms with van der Waals surface area (Å²) in [6.45, 7) is 0.961. The van der Waals surface area contributed by atoms with E-state index in [1.807, 2.05) is 18.2 Å². The molecule has 40 heavy (non-hydrogen) atoms. The van der Waals surface area contributed by atoms with Crippen molar-refractivity contribution in [3.63, 3.8) is 0 Å². The van der Waals surface area contributed by atoms with Crippen LogP contribution in [0.1, 0.15) is 52.0 Å². The van der Waals surface area contributed by atoms with E-state index in [0.29, 0.717) is 22.9 Å². The summed E-state index contributed by atoms with van der Waals surface area (Å²) in [6, 6.07) is 22.7. The molecule has 3 aromatic rings. The molecule has 5 unspecified atom stereocenters. The van der Waals surface area contributed by atoms with E-state index >= 15 is 0 Å². The Bertz CT molecular complexity index is 1500. The van der Waals surface area contributed by atoms with Crippen LogP contribution in [0.15, 0.2) is 78.9 Å². The van der Waals surface area contributed by atoms with E-state index < -0.39 is 18.5 Å². The molecule has 2 saturated carbocycles. The molecule has 3 aliphatic rings. The summed E-state index contributed by atoms with van der Waals surface area (Å²) < 4.78 is 5.13. The second kappa shape index (κ2) is 10.2. The van der Waals surface area contributed by atoms with E-state index in [9.17, 15) is 24.0 Å².